The maximum absolute atomic E-state index is 13.3. The summed E-state index contributed by atoms with van der Waals surface area (Å²) < 4.78 is 1.32. The first-order chi connectivity index (χ1) is 16.0. The third-order valence-electron chi connectivity index (χ3n) is 5.06. The van der Waals surface area contributed by atoms with Crippen LogP contribution in [0.4, 0.5) is 11.4 Å². The van der Waals surface area contributed by atoms with Crippen LogP contribution in [0.2, 0.25) is 5.02 Å². The second kappa shape index (κ2) is 9.75. The highest BCUT2D eigenvalue weighted by molar-refractivity contribution is 6.30. The van der Waals surface area contributed by atoms with E-state index in [1.165, 1.54) is 4.68 Å². The van der Waals surface area contributed by atoms with Crippen LogP contribution in [-0.4, -0.2) is 29.6 Å². The number of anilines is 1. The van der Waals surface area contributed by atoms with E-state index in [9.17, 15) is 4.79 Å². The van der Waals surface area contributed by atoms with E-state index in [2.05, 4.69) is 20.3 Å². The molecule has 1 aromatic heterocycles. The standard InChI is InChI=1S/C25H23ClN6O/c1-4-23-27-22-8-6-5-7-21(22)25(33)32(23)30-24(17-9-15-20(16-10-17)31(2)3)29-28-19-13-11-18(26)12-14-19/h5-16H,4H2,1-3H3/b29-28?,30-24+. The molecule has 0 saturated heterocycles. The highest BCUT2D eigenvalue weighted by atomic mass is 35.5. The molecule has 0 saturated carbocycles. The van der Waals surface area contributed by atoms with Gasteiger partial charge in [0.15, 0.2) is 0 Å². The lowest BCUT2D eigenvalue weighted by molar-refractivity contribution is 0.729. The van der Waals surface area contributed by atoms with Crippen LogP contribution >= 0.6 is 11.6 Å². The first-order valence-electron chi connectivity index (χ1n) is 10.5. The Bertz CT molecular complexity index is 1390. The highest BCUT2D eigenvalue weighted by Crippen LogP contribution is 2.19. The van der Waals surface area contributed by atoms with E-state index in [-0.39, 0.29) is 5.56 Å². The zero-order chi connectivity index (χ0) is 23.4. The number of para-hydroxylation sites is 1. The normalized spacial score (nSPS) is 11.9. The monoisotopic (exact) mass is 458 g/mol. The Morgan fingerprint density at radius 1 is 1.00 bits per heavy atom. The minimum Gasteiger partial charge on any atom is -0.378 e. The van der Waals surface area contributed by atoms with E-state index < -0.39 is 0 Å². The van der Waals surface area contributed by atoms with Crippen LogP contribution in [0.15, 0.2) is 92.9 Å². The molecule has 0 N–H and O–H groups in total. The largest absolute Gasteiger partial charge is 0.378 e. The maximum atomic E-state index is 13.3. The molecule has 0 amide bonds. The van der Waals surface area contributed by atoms with Crippen LogP contribution < -0.4 is 10.5 Å². The Labute approximate surface area is 196 Å². The molecule has 33 heavy (non-hydrogen) atoms. The van der Waals surface area contributed by atoms with E-state index in [1.54, 1.807) is 30.3 Å². The molecule has 0 spiro atoms. The summed E-state index contributed by atoms with van der Waals surface area (Å²) in [6.45, 7) is 1.93. The van der Waals surface area contributed by atoms with Crippen molar-refractivity contribution in [3.05, 3.63) is 99.6 Å². The molecule has 0 bridgehead atoms. The van der Waals surface area contributed by atoms with Crippen molar-refractivity contribution >= 4 is 39.7 Å². The third-order valence-corrected chi connectivity index (χ3v) is 5.31. The molecule has 0 unspecified atom stereocenters. The first kappa shape index (κ1) is 22.4. The van der Waals surface area contributed by atoms with Crippen molar-refractivity contribution in [2.75, 3.05) is 19.0 Å². The Morgan fingerprint density at radius 2 is 1.70 bits per heavy atom. The fraction of sp³-hybridized carbons (Fsp3) is 0.160. The Balaban J connectivity index is 1.87. The molecular formula is C25H23ClN6O. The molecule has 0 aliphatic carbocycles. The SMILES string of the molecule is CCc1nc2ccccc2c(=O)n1/N=C(/N=Nc1ccc(Cl)cc1)c1ccc(N(C)C)cc1. The summed E-state index contributed by atoms with van der Waals surface area (Å²) in [7, 11) is 3.94. The van der Waals surface area contributed by atoms with Gasteiger partial charge in [-0.3, -0.25) is 4.79 Å². The predicted molar refractivity (Wildman–Crippen MR) is 134 cm³/mol. The molecule has 1 heterocycles. The number of aryl methyl sites for hydroxylation is 1. The van der Waals surface area contributed by atoms with Crippen LogP contribution in [0.25, 0.3) is 10.9 Å². The minimum absolute atomic E-state index is 0.249. The molecule has 0 radical (unpaired) electrons. The van der Waals surface area contributed by atoms with E-state index >= 15 is 0 Å². The summed E-state index contributed by atoms with van der Waals surface area (Å²) >= 11 is 5.97. The molecule has 166 valence electrons. The Morgan fingerprint density at radius 3 is 2.36 bits per heavy atom. The fourth-order valence-electron chi connectivity index (χ4n) is 3.25. The van der Waals surface area contributed by atoms with Gasteiger partial charge < -0.3 is 4.90 Å². The lowest BCUT2D eigenvalue weighted by Crippen LogP contribution is -2.23. The van der Waals surface area contributed by atoms with Crippen molar-refractivity contribution in [3.8, 4) is 0 Å². The number of fused-ring (bicyclic) bond motifs is 1. The van der Waals surface area contributed by atoms with Gasteiger partial charge in [-0.05, 0) is 60.7 Å². The van der Waals surface area contributed by atoms with Crippen molar-refractivity contribution in [1.29, 1.82) is 0 Å². The van der Waals surface area contributed by atoms with Gasteiger partial charge in [-0.2, -0.15) is 4.68 Å². The maximum Gasteiger partial charge on any atom is 0.282 e. The van der Waals surface area contributed by atoms with Gasteiger partial charge in [-0.25, -0.2) is 4.98 Å². The quantitative estimate of drug-likeness (QED) is 0.219. The van der Waals surface area contributed by atoms with Crippen molar-refractivity contribution in [2.24, 2.45) is 15.3 Å². The average molecular weight is 459 g/mol. The second-order valence-electron chi connectivity index (χ2n) is 7.56. The zero-order valence-electron chi connectivity index (χ0n) is 18.6. The van der Waals surface area contributed by atoms with Gasteiger partial charge in [0.05, 0.1) is 16.6 Å². The fourth-order valence-corrected chi connectivity index (χ4v) is 3.38. The summed E-state index contributed by atoms with van der Waals surface area (Å²) in [5.74, 6) is 0.840. The van der Waals surface area contributed by atoms with Crippen molar-refractivity contribution < 1.29 is 0 Å². The van der Waals surface area contributed by atoms with Crippen LogP contribution in [0.1, 0.15) is 18.3 Å². The molecule has 0 atom stereocenters. The summed E-state index contributed by atoms with van der Waals surface area (Å²) in [6.07, 6.45) is 0.532. The summed E-state index contributed by atoms with van der Waals surface area (Å²) in [5, 5.41) is 14.4. The number of benzene rings is 3. The van der Waals surface area contributed by atoms with Gasteiger partial charge in [0.2, 0.25) is 5.84 Å². The zero-order valence-corrected chi connectivity index (χ0v) is 19.4. The van der Waals surface area contributed by atoms with Gasteiger partial charge in [-0.15, -0.1) is 15.3 Å². The van der Waals surface area contributed by atoms with Crippen molar-refractivity contribution in [3.63, 3.8) is 0 Å². The first-order valence-corrected chi connectivity index (χ1v) is 10.9. The average Bonchev–Trinajstić information content (AvgIpc) is 2.84. The second-order valence-corrected chi connectivity index (χ2v) is 7.99. The summed E-state index contributed by atoms with van der Waals surface area (Å²) in [6, 6.07) is 22.0. The number of halogens is 1. The van der Waals surface area contributed by atoms with Crippen LogP contribution in [0.5, 0.6) is 0 Å². The van der Waals surface area contributed by atoms with E-state index in [1.807, 2.05) is 68.4 Å². The molecule has 3 aromatic carbocycles. The minimum atomic E-state index is -0.249. The molecule has 4 aromatic rings. The Kier molecular flexibility index (Phi) is 6.60. The smallest absolute Gasteiger partial charge is 0.282 e. The lowest BCUT2D eigenvalue weighted by Gasteiger charge is -2.13. The molecule has 0 fully saturated rings. The van der Waals surface area contributed by atoms with Gasteiger partial charge >= 0.3 is 0 Å². The topological polar surface area (TPSA) is 75.2 Å². The van der Waals surface area contributed by atoms with Gasteiger partial charge in [-0.1, -0.05) is 30.7 Å². The molecule has 4 rings (SSSR count). The van der Waals surface area contributed by atoms with Crippen LogP contribution in [0, 0.1) is 0 Å². The molecule has 0 aliphatic heterocycles. The Hall–Kier alpha value is -3.84. The van der Waals surface area contributed by atoms with Gasteiger partial charge in [0, 0.05) is 36.8 Å². The summed E-state index contributed by atoms with van der Waals surface area (Å²) in [4.78, 5) is 19.9. The van der Waals surface area contributed by atoms with Crippen molar-refractivity contribution in [2.45, 2.75) is 13.3 Å². The number of nitrogens with zero attached hydrogens (tertiary/aromatic N) is 6. The van der Waals surface area contributed by atoms with E-state index in [4.69, 9.17) is 11.6 Å². The van der Waals surface area contributed by atoms with Crippen molar-refractivity contribution in [1.82, 2.24) is 9.66 Å². The number of azo groups is 1. The highest BCUT2D eigenvalue weighted by Gasteiger charge is 2.12. The van der Waals surface area contributed by atoms with Crippen LogP contribution in [-0.2, 0) is 6.42 Å². The third kappa shape index (κ3) is 4.99. The van der Waals surface area contributed by atoms with Crippen LogP contribution in [0.3, 0.4) is 0 Å². The number of hydrogen-bond donors (Lipinski definition) is 0. The number of amidine groups is 1. The number of aromatic nitrogens is 2. The lowest BCUT2D eigenvalue weighted by atomic mass is 10.2. The van der Waals surface area contributed by atoms with Gasteiger partial charge in [0.1, 0.15) is 5.82 Å². The van der Waals surface area contributed by atoms with E-state index in [0.29, 0.717) is 39.7 Å². The van der Waals surface area contributed by atoms with Gasteiger partial charge in [0.25, 0.3) is 5.56 Å². The molecule has 0 aliphatic rings. The number of hydrogen-bond acceptors (Lipinski definition) is 5. The molecule has 8 heteroatoms. The molecular weight excluding hydrogens is 436 g/mol. The molecule has 7 nitrogen and oxygen atoms in total. The number of rotatable bonds is 5. The summed E-state index contributed by atoms with van der Waals surface area (Å²) in [5.41, 5.74) is 2.77. The predicted octanol–water partition coefficient (Wildman–Crippen LogP) is 5.67. The van der Waals surface area contributed by atoms with E-state index in [0.717, 1.165) is 11.3 Å².